The van der Waals surface area contributed by atoms with Crippen LogP contribution < -0.4 is 19.5 Å². The molecule has 7 heteroatoms. The van der Waals surface area contributed by atoms with E-state index in [-0.39, 0.29) is 12.1 Å². The van der Waals surface area contributed by atoms with E-state index in [2.05, 4.69) is 9.88 Å². The maximum atomic E-state index is 13.3. The van der Waals surface area contributed by atoms with E-state index in [0.29, 0.717) is 29.5 Å². The van der Waals surface area contributed by atoms with Crippen molar-refractivity contribution in [2.45, 2.75) is 12.6 Å². The summed E-state index contributed by atoms with van der Waals surface area (Å²) >= 11 is 0. The van der Waals surface area contributed by atoms with Gasteiger partial charge in [0, 0.05) is 36.7 Å². The lowest BCUT2D eigenvalue weighted by Gasteiger charge is -2.37. The Morgan fingerprint density at radius 3 is 2.53 bits per heavy atom. The standard InChI is InChI=1S/C23H25N3O4/c1-28-18-7-4-6-17(15-18)24-23(27)26-13-12-25-11-5-8-19(25)22(26)16-9-10-20(29-2)21(14-16)30-3/h4-11,14-15,22H,12-13H2,1-3H3,(H,24,27)/t22-/m1/s1. The summed E-state index contributed by atoms with van der Waals surface area (Å²) in [6, 6.07) is 16.7. The number of anilines is 1. The van der Waals surface area contributed by atoms with Crippen LogP contribution in [0.5, 0.6) is 17.2 Å². The molecule has 0 unspecified atom stereocenters. The minimum absolute atomic E-state index is 0.171. The van der Waals surface area contributed by atoms with Gasteiger partial charge in [-0.3, -0.25) is 0 Å². The van der Waals surface area contributed by atoms with Gasteiger partial charge in [0.25, 0.3) is 0 Å². The third-order valence-electron chi connectivity index (χ3n) is 5.34. The molecule has 0 spiro atoms. The van der Waals surface area contributed by atoms with E-state index in [4.69, 9.17) is 14.2 Å². The second-order valence-corrected chi connectivity index (χ2v) is 7.00. The fourth-order valence-corrected chi connectivity index (χ4v) is 3.87. The van der Waals surface area contributed by atoms with Crippen molar-refractivity contribution in [2.75, 3.05) is 33.2 Å². The van der Waals surface area contributed by atoms with Gasteiger partial charge in [0.2, 0.25) is 0 Å². The number of rotatable bonds is 5. The molecule has 7 nitrogen and oxygen atoms in total. The monoisotopic (exact) mass is 407 g/mol. The van der Waals surface area contributed by atoms with Crippen molar-refractivity contribution in [3.8, 4) is 17.2 Å². The van der Waals surface area contributed by atoms with Crippen LogP contribution in [0.4, 0.5) is 10.5 Å². The van der Waals surface area contributed by atoms with Crippen LogP contribution in [-0.4, -0.2) is 43.4 Å². The SMILES string of the molecule is COc1cccc(NC(=O)N2CCn3cccc3[C@H]2c2ccc(OC)c(OC)c2)c1. The average Bonchev–Trinajstić information content (AvgIpc) is 3.27. The second kappa shape index (κ2) is 8.41. The molecule has 0 aliphatic carbocycles. The third-order valence-corrected chi connectivity index (χ3v) is 5.34. The first-order chi connectivity index (χ1) is 14.6. The van der Waals surface area contributed by atoms with Crippen molar-refractivity contribution >= 4 is 11.7 Å². The molecule has 30 heavy (non-hydrogen) atoms. The number of nitrogens with zero attached hydrogens (tertiary/aromatic N) is 2. The van der Waals surface area contributed by atoms with Crippen LogP contribution in [0.25, 0.3) is 0 Å². The van der Waals surface area contributed by atoms with Crippen molar-refractivity contribution in [2.24, 2.45) is 0 Å². The third kappa shape index (κ3) is 3.66. The van der Waals surface area contributed by atoms with Crippen LogP contribution >= 0.6 is 0 Å². The molecular formula is C23H25N3O4. The number of ether oxygens (including phenoxy) is 3. The summed E-state index contributed by atoms with van der Waals surface area (Å²) in [4.78, 5) is 15.1. The Morgan fingerprint density at radius 2 is 1.77 bits per heavy atom. The number of methoxy groups -OCH3 is 3. The molecule has 156 valence electrons. The van der Waals surface area contributed by atoms with Crippen LogP contribution in [0, 0.1) is 0 Å². The summed E-state index contributed by atoms with van der Waals surface area (Å²) in [5, 5.41) is 3.00. The summed E-state index contributed by atoms with van der Waals surface area (Å²) in [6.07, 6.45) is 2.04. The normalized spacial score (nSPS) is 15.3. The Morgan fingerprint density at radius 1 is 0.933 bits per heavy atom. The number of carbonyl (C=O) groups is 1. The minimum atomic E-state index is -0.251. The highest BCUT2D eigenvalue weighted by Gasteiger charge is 2.33. The number of hydrogen-bond acceptors (Lipinski definition) is 4. The molecule has 0 saturated carbocycles. The van der Waals surface area contributed by atoms with E-state index in [0.717, 1.165) is 17.8 Å². The van der Waals surface area contributed by atoms with Gasteiger partial charge in [-0.05, 0) is 42.0 Å². The second-order valence-electron chi connectivity index (χ2n) is 7.00. The van der Waals surface area contributed by atoms with E-state index in [1.54, 1.807) is 27.4 Å². The Labute approximate surface area is 175 Å². The lowest BCUT2D eigenvalue weighted by atomic mass is 9.99. The Balaban J connectivity index is 1.69. The van der Waals surface area contributed by atoms with Gasteiger partial charge in [-0.1, -0.05) is 12.1 Å². The maximum absolute atomic E-state index is 13.3. The molecule has 1 N–H and O–H groups in total. The van der Waals surface area contributed by atoms with E-state index in [1.807, 2.05) is 59.6 Å². The Kier molecular flexibility index (Phi) is 5.52. The van der Waals surface area contributed by atoms with E-state index >= 15 is 0 Å². The van der Waals surface area contributed by atoms with Gasteiger partial charge >= 0.3 is 6.03 Å². The highest BCUT2D eigenvalue weighted by atomic mass is 16.5. The van der Waals surface area contributed by atoms with Crippen molar-refractivity contribution in [3.63, 3.8) is 0 Å². The molecule has 0 saturated heterocycles. The molecule has 1 aliphatic heterocycles. The summed E-state index contributed by atoms with van der Waals surface area (Å²) in [7, 11) is 4.82. The largest absolute Gasteiger partial charge is 0.497 e. The molecule has 0 radical (unpaired) electrons. The van der Waals surface area contributed by atoms with Gasteiger partial charge in [-0.2, -0.15) is 0 Å². The van der Waals surface area contributed by atoms with Gasteiger partial charge < -0.3 is 29.0 Å². The minimum Gasteiger partial charge on any atom is -0.497 e. The molecule has 3 aromatic rings. The quantitative estimate of drug-likeness (QED) is 0.690. The molecule has 2 amide bonds. The molecule has 0 bridgehead atoms. The number of hydrogen-bond donors (Lipinski definition) is 1. The predicted octanol–water partition coefficient (Wildman–Crippen LogP) is 4.15. The van der Waals surface area contributed by atoms with Crippen LogP contribution in [0.15, 0.2) is 60.8 Å². The number of benzene rings is 2. The molecular weight excluding hydrogens is 382 g/mol. The number of carbonyl (C=O) groups excluding carboxylic acids is 1. The van der Waals surface area contributed by atoms with Crippen LogP contribution in [0.3, 0.4) is 0 Å². The summed E-state index contributed by atoms with van der Waals surface area (Å²) in [5.74, 6) is 1.98. The average molecular weight is 407 g/mol. The van der Waals surface area contributed by atoms with Gasteiger partial charge in [0.15, 0.2) is 11.5 Å². The number of urea groups is 1. The fourth-order valence-electron chi connectivity index (χ4n) is 3.87. The van der Waals surface area contributed by atoms with Crippen molar-refractivity contribution in [1.29, 1.82) is 0 Å². The van der Waals surface area contributed by atoms with Crippen molar-refractivity contribution in [1.82, 2.24) is 9.47 Å². The summed E-state index contributed by atoms with van der Waals surface area (Å²) in [6.45, 7) is 1.31. The van der Waals surface area contributed by atoms with Crippen LogP contribution in [0.2, 0.25) is 0 Å². The fraction of sp³-hybridized carbons (Fsp3) is 0.261. The summed E-state index contributed by atoms with van der Waals surface area (Å²) in [5.41, 5.74) is 2.69. The molecule has 1 atom stereocenters. The molecule has 2 aromatic carbocycles. The first-order valence-electron chi connectivity index (χ1n) is 9.73. The Hall–Kier alpha value is -3.61. The highest BCUT2D eigenvalue weighted by Crippen LogP contribution is 2.37. The number of fused-ring (bicyclic) bond motifs is 1. The zero-order valence-corrected chi connectivity index (χ0v) is 17.3. The highest BCUT2D eigenvalue weighted by molar-refractivity contribution is 5.90. The van der Waals surface area contributed by atoms with E-state index in [1.165, 1.54) is 0 Å². The van der Waals surface area contributed by atoms with Gasteiger partial charge in [0.1, 0.15) is 5.75 Å². The van der Waals surface area contributed by atoms with Crippen molar-refractivity contribution < 1.29 is 19.0 Å². The first kappa shape index (κ1) is 19.7. The molecule has 1 aromatic heterocycles. The lowest BCUT2D eigenvalue weighted by molar-refractivity contribution is 0.181. The number of nitrogens with one attached hydrogen (secondary N) is 1. The predicted molar refractivity (Wildman–Crippen MR) is 115 cm³/mol. The molecule has 4 rings (SSSR count). The lowest BCUT2D eigenvalue weighted by Crippen LogP contribution is -2.44. The van der Waals surface area contributed by atoms with Crippen molar-refractivity contribution in [3.05, 3.63) is 72.1 Å². The molecule has 2 heterocycles. The van der Waals surface area contributed by atoms with Crippen LogP contribution in [-0.2, 0) is 6.54 Å². The molecule has 1 aliphatic rings. The van der Waals surface area contributed by atoms with Gasteiger partial charge in [-0.25, -0.2) is 4.79 Å². The zero-order valence-electron chi connectivity index (χ0n) is 17.3. The number of amides is 2. The van der Waals surface area contributed by atoms with Gasteiger partial charge in [-0.15, -0.1) is 0 Å². The summed E-state index contributed by atoms with van der Waals surface area (Å²) < 4.78 is 18.3. The van der Waals surface area contributed by atoms with E-state index in [9.17, 15) is 4.79 Å². The topological polar surface area (TPSA) is 65.0 Å². The number of aromatic nitrogens is 1. The Bertz CT molecular complexity index is 1050. The van der Waals surface area contributed by atoms with Crippen LogP contribution in [0.1, 0.15) is 17.3 Å². The van der Waals surface area contributed by atoms with Gasteiger partial charge in [0.05, 0.1) is 27.4 Å². The van der Waals surface area contributed by atoms with E-state index < -0.39 is 0 Å². The maximum Gasteiger partial charge on any atom is 0.322 e. The zero-order chi connectivity index (χ0) is 21.1. The first-order valence-corrected chi connectivity index (χ1v) is 9.73. The molecule has 0 fully saturated rings. The smallest absolute Gasteiger partial charge is 0.322 e.